The molecule has 0 saturated heterocycles. The van der Waals surface area contributed by atoms with Gasteiger partial charge in [0, 0.05) is 18.1 Å². The van der Waals surface area contributed by atoms with Gasteiger partial charge in [-0.2, -0.15) is 0 Å². The van der Waals surface area contributed by atoms with Crippen molar-refractivity contribution in [2.45, 2.75) is 24.8 Å². The number of thioether (sulfide) groups is 1. The summed E-state index contributed by atoms with van der Waals surface area (Å²) in [5.41, 5.74) is 1.64. The minimum atomic E-state index is -0.484. The number of hydrogen-bond acceptors (Lipinski definition) is 8. The fourth-order valence-corrected chi connectivity index (χ4v) is 4.27. The van der Waals surface area contributed by atoms with Gasteiger partial charge < -0.3 is 8.83 Å². The number of carbonyl (C=O) groups is 1. The molecule has 4 rings (SSSR count). The summed E-state index contributed by atoms with van der Waals surface area (Å²) in [6.45, 7) is 3.19. The van der Waals surface area contributed by atoms with Crippen LogP contribution in [-0.4, -0.2) is 21.1 Å². The minimum Gasteiger partial charge on any atom is -0.469 e. The Labute approximate surface area is 173 Å². The summed E-state index contributed by atoms with van der Waals surface area (Å²) in [5, 5.41) is 10.7. The number of para-hydroxylation sites is 1. The monoisotopic (exact) mass is 430 g/mol. The highest BCUT2D eigenvalue weighted by Gasteiger charge is 2.21. The van der Waals surface area contributed by atoms with E-state index in [1.54, 1.807) is 30.5 Å². The molecule has 0 unspecified atom stereocenters. The maximum absolute atomic E-state index is 14.2. The van der Waals surface area contributed by atoms with E-state index >= 15 is 0 Å². The SMILES string of the molecule is CC(=O)N(c1nc(CSc2nnc(-c3ccoc3C)o2)cs1)c1ccccc1F. The first-order valence-electron chi connectivity index (χ1n) is 8.53. The molecule has 7 nitrogen and oxygen atoms in total. The first-order chi connectivity index (χ1) is 14.0. The van der Waals surface area contributed by atoms with Crippen LogP contribution in [0.2, 0.25) is 0 Å². The van der Waals surface area contributed by atoms with Gasteiger partial charge in [-0.25, -0.2) is 9.37 Å². The van der Waals surface area contributed by atoms with Gasteiger partial charge in [0.2, 0.25) is 5.91 Å². The quantitative estimate of drug-likeness (QED) is 0.388. The number of thiazole rings is 1. The number of furan rings is 1. The topological polar surface area (TPSA) is 85.3 Å². The summed E-state index contributed by atoms with van der Waals surface area (Å²) in [5.74, 6) is 0.750. The van der Waals surface area contributed by atoms with Gasteiger partial charge in [-0.05, 0) is 25.1 Å². The van der Waals surface area contributed by atoms with E-state index in [-0.39, 0.29) is 11.6 Å². The maximum Gasteiger partial charge on any atom is 0.277 e. The van der Waals surface area contributed by atoms with Crippen LogP contribution in [0.4, 0.5) is 15.2 Å². The fourth-order valence-electron chi connectivity index (χ4n) is 2.63. The number of aromatic nitrogens is 3. The van der Waals surface area contributed by atoms with E-state index in [2.05, 4.69) is 15.2 Å². The van der Waals surface area contributed by atoms with Gasteiger partial charge in [0.05, 0.1) is 23.2 Å². The number of nitrogens with zero attached hydrogens (tertiary/aromatic N) is 4. The number of benzene rings is 1. The van der Waals surface area contributed by atoms with Crippen molar-refractivity contribution in [2.24, 2.45) is 0 Å². The lowest BCUT2D eigenvalue weighted by molar-refractivity contribution is -0.115. The molecule has 0 N–H and O–H groups in total. The van der Waals surface area contributed by atoms with E-state index in [1.807, 2.05) is 12.3 Å². The molecule has 0 atom stereocenters. The third-order valence-corrected chi connectivity index (χ3v) is 5.71. The van der Waals surface area contributed by atoms with Crippen molar-refractivity contribution in [2.75, 3.05) is 4.90 Å². The molecule has 0 saturated carbocycles. The van der Waals surface area contributed by atoms with Crippen molar-refractivity contribution in [1.29, 1.82) is 0 Å². The highest BCUT2D eigenvalue weighted by atomic mass is 32.2. The van der Waals surface area contributed by atoms with Gasteiger partial charge in [0.1, 0.15) is 11.6 Å². The standard InChI is InChI=1S/C19H15FN4O3S2/c1-11-14(7-8-26-11)17-22-23-19(27-17)29-10-13-9-28-18(21-13)24(12(2)25)16-6-4-3-5-15(16)20/h3-9H,10H2,1-2H3. The Kier molecular flexibility index (Phi) is 5.45. The fraction of sp³-hybridized carbons (Fsp3) is 0.158. The van der Waals surface area contributed by atoms with Crippen LogP contribution in [0.3, 0.4) is 0 Å². The number of carbonyl (C=O) groups excluding carboxylic acids is 1. The van der Waals surface area contributed by atoms with Gasteiger partial charge in [-0.1, -0.05) is 23.9 Å². The molecule has 3 heterocycles. The van der Waals surface area contributed by atoms with Crippen LogP contribution in [0.5, 0.6) is 0 Å². The predicted molar refractivity (Wildman–Crippen MR) is 108 cm³/mol. The van der Waals surface area contributed by atoms with Gasteiger partial charge in [-0.15, -0.1) is 21.5 Å². The van der Waals surface area contributed by atoms with Crippen LogP contribution in [0.25, 0.3) is 11.5 Å². The Morgan fingerprint density at radius 3 is 2.83 bits per heavy atom. The number of aryl methyl sites for hydroxylation is 1. The Hall–Kier alpha value is -2.98. The van der Waals surface area contributed by atoms with Crippen LogP contribution < -0.4 is 4.90 Å². The van der Waals surface area contributed by atoms with Crippen molar-refractivity contribution in [3.63, 3.8) is 0 Å². The average molecular weight is 430 g/mol. The second-order valence-electron chi connectivity index (χ2n) is 5.98. The maximum atomic E-state index is 14.2. The van der Waals surface area contributed by atoms with Crippen LogP contribution in [-0.2, 0) is 10.5 Å². The van der Waals surface area contributed by atoms with Crippen LogP contribution in [0.1, 0.15) is 18.4 Å². The van der Waals surface area contributed by atoms with Crippen LogP contribution in [0, 0.1) is 12.7 Å². The third-order valence-electron chi connectivity index (χ3n) is 3.98. The van der Waals surface area contributed by atoms with Gasteiger partial charge in [0.25, 0.3) is 11.1 Å². The van der Waals surface area contributed by atoms with Crippen molar-refractivity contribution in [1.82, 2.24) is 15.2 Å². The predicted octanol–water partition coefficient (Wildman–Crippen LogP) is 5.21. The largest absolute Gasteiger partial charge is 0.469 e. The molecular formula is C19H15FN4O3S2. The molecule has 29 heavy (non-hydrogen) atoms. The molecule has 0 fully saturated rings. The van der Waals surface area contributed by atoms with Crippen LogP contribution in [0.15, 0.2) is 56.0 Å². The molecule has 0 radical (unpaired) electrons. The van der Waals surface area contributed by atoms with E-state index < -0.39 is 5.82 Å². The zero-order chi connectivity index (χ0) is 20.4. The lowest BCUT2D eigenvalue weighted by atomic mass is 10.3. The van der Waals surface area contributed by atoms with Crippen molar-refractivity contribution in [3.8, 4) is 11.5 Å². The summed E-state index contributed by atoms with van der Waals surface area (Å²) in [7, 11) is 0. The highest BCUT2D eigenvalue weighted by Crippen LogP contribution is 2.33. The molecule has 4 aromatic rings. The Morgan fingerprint density at radius 2 is 2.10 bits per heavy atom. The molecule has 1 aromatic carbocycles. The van der Waals surface area contributed by atoms with Crippen LogP contribution >= 0.6 is 23.1 Å². The normalized spacial score (nSPS) is 11.0. The van der Waals surface area contributed by atoms with E-state index in [1.165, 1.54) is 41.0 Å². The van der Waals surface area contributed by atoms with E-state index in [0.29, 0.717) is 27.8 Å². The summed E-state index contributed by atoms with van der Waals surface area (Å²) < 4.78 is 25.0. The smallest absolute Gasteiger partial charge is 0.277 e. The number of rotatable bonds is 6. The molecule has 3 aromatic heterocycles. The van der Waals surface area contributed by atoms with Crippen molar-refractivity contribution >= 4 is 39.8 Å². The summed E-state index contributed by atoms with van der Waals surface area (Å²) in [6, 6.07) is 7.87. The average Bonchev–Trinajstić information content (AvgIpc) is 3.42. The van der Waals surface area contributed by atoms with Crippen molar-refractivity contribution < 1.29 is 18.0 Å². The number of amides is 1. The van der Waals surface area contributed by atoms with E-state index in [4.69, 9.17) is 8.83 Å². The first-order valence-corrected chi connectivity index (χ1v) is 10.4. The lowest BCUT2D eigenvalue weighted by Gasteiger charge is -2.18. The Morgan fingerprint density at radius 1 is 1.28 bits per heavy atom. The van der Waals surface area contributed by atoms with E-state index in [9.17, 15) is 9.18 Å². The van der Waals surface area contributed by atoms with E-state index in [0.717, 1.165) is 11.3 Å². The Balaban J connectivity index is 1.48. The molecule has 0 spiro atoms. The molecule has 148 valence electrons. The Bertz CT molecular complexity index is 1150. The summed E-state index contributed by atoms with van der Waals surface area (Å²) >= 11 is 2.59. The first kappa shape index (κ1) is 19.3. The molecule has 0 aliphatic rings. The molecular weight excluding hydrogens is 415 g/mol. The second-order valence-corrected chi connectivity index (χ2v) is 7.74. The number of anilines is 2. The zero-order valence-corrected chi connectivity index (χ0v) is 17.1. The molecule has 10 heteroatoms. The molecule has 1 amide bonds. The second kappa shape index (κ2) is 8.18. The van der Waals surface area contributed by atoms with Gasteiger partial charge in [0.15, 0.2) is 5.13 Å². The van der Waals surface area contributed by atoms with Crippen molar-refractivity contribution in [3.05, 3.63) is 59.2 Å². The summed E-state index contributed by atoms with van der Waals surface area (Å²) in [4.78, 5) is 17.8. The third kappa shape index (κ3) is 4.08. The number of halogens is 1. The molecule has 0 bridgehead atoms. The summed E-state index contributed by atoms with van der Waals surface area (Å²) in [6.07, 6.45) is 1.56. The molecule has 0 aliphatic heterocycles. The lowest BCUT2D eigenvalue weighted by Crippen LogP contribution is -2.23. The van der Waals surface area contributed by atoms with Gasteiger partial charge >= 0.3 is 0 Å². The van der Waals surface area contributed by atoms with Gasteiger partial charge in [-0.3, -0.25) is 9.69 Å². The number of hydrogen-bond donors (Lipinski definition) is 0. The minimum absolute atomic E-state index is 0.172. The highest BCUT2D eigenvalue weighted by molar-refractivity contribution is 7.98. The zero-order valence-electron chi connectivity index (χ0n) is 15.5. The molecule has 0 aliphatic carbocycles.